The van der Waals surface area contributed by atoms with Crippen LogP contribution in [0.25, 0.3) is 0 Å². The minimum absolute atomic E-state index is 0.248. The number of thiol groups is 2. The fourth-order valence-electron chi connectivity index (χ4n) is 0.736. The fourth-order valence-corrected chi connectivity index (χ4v) is 1.05. The highest BCUT2D eigenvalue weighted by Crippen LogP contribution is 2.25. The molecule has 0 saturated heterocycles. The van der Waals surface area contributed by atoms with Gasteiger partial charge in [0, 0.05) is 6.42 Å². The first-order valence-electron chi connectivity index (χ1n) is 3.58. The van der Waals surface area contributed by atoms with E-state index in [2.05, 4.69) is 25.3 Å². The number of hydrogen-bond acceptors (Lipinski definition) is 3. The Hall–Kier alpha value is 0.170. The monoisotopic (exact) mass is 194 g/mol. The molecule has 0 amide bonds. The standard InChI is InChI=1S/C7H14O2S2/c1-7(10,11)5-3-2-4-6(8)9/h10-11H,2-5H2,1H3,(H,8,9). The molecule has 0 aromatic carbocycles. The Morgan fingerprint density at radius 3 is 2.36 bits per heavy atom. The molecule has 0 aliphatic carbocycles. The predicted octanol–water partition coefficient (Wildman–Crippen LogP) is 2.21. The molecule has 0 aromatic rings. The van der Waals surface area contributed by atoms with Gasteiger partial charge < -0.3 is 5.11 Å². The molecule has 11 heavy (non-hydrogen) atoms. The van der Waals surface area contributed by atoms with Crippen LogP contribution in [0, 0.1) is 0 Å². The number of aliphatic carboxylic acids is 1. The predicted molar refractivity (Wildman–Crippen MR) is 52.5 cm³/mol. The smallest absolute Gasteiger partial charge is 0.303 e. The van der Waals surface area contributed by atoms with Crippen LogP contribution in [0.15, 0.2) is 0 Å². The van der Waals surface area contributed by atoms with E-state index in [0.717, 1.165) is 12.8 Å². The number of rotatable bonds is 5. The van der Waals surface area contributed by atoms with E-state index in [1.54, 1.807) is 0 Å². The number of carboxylic acid groups (broad SMARTS) is 1. The van der Waals surface area contributed by atoms with Gasteiger partial charge in [-0.05, 0) is 19.8 Å². The van der Waals surface area contributed by atoms with Gasteiger partial charge in [-0.25, -0.2) is 0 Å². The summed E-state index contributed by atoms with van der Waals surface area (Å²) in [4.78, 5) is 10.1. The molecule has 0 heterocycles. The first-order chi connectivity index (χ1) is 4.92. The minimum Gasteiger partial charge on any atom is -0.481 e. The van der Waals surface area contributed by atoms with Crippen LogP contribution in [0.1, 0.15) is 32.6 Å². The van der Waals surface area contributed by atoms with Crippen molar-refractivity contribution < 1.29 is 9.90 Å². The molecule has 0 aliphatic heterocycles. The Morgan fingerprint density at radius 2 is 2.00 bits per heavy atom. The van der Waals surface area contributed by atoms with Crippen molar-refractivity contribution >= 4 is 31.2 Å². The third-order valence-electron chi connectivity index (χ3n) is 1.29. The van der Waals surface area contributed by atoms with E-state index in [9.17, 15) is 4.79 Å². The molecule has 1 N–H and O–H groups in total. The van der Waals surface area contributed by atoms with Crippen LogP contribution in [0.3, 0.4) is 0 Å². The number of carboxylic acids is 1. The quantitative estimate of drug-likeness (QED) is 0.356. The lowest BCUT2D eigenvalue weighted by Crippen LogP contribution is -2.06. The Balaban J connectivity index is 3.22. The van der Waals surface area contributed by atoms with E-state index in [0.29, 0.717) is 6.42 Å². The fraction of sp³-hybridized carbons (Fsp3) is 0.857. The molecule has 66 valence electrons. The molecule has 0 saturated carbocycles. The summed E-state index contributed by atoms with van der Waals surface area (Å²) < 4.78 is -0.265. The molecule has 0 spiro atoms. The van der Waals surface area contributed by atoms with Crippen molar-refractivity contribution in [2.24, 2.45) is 0 Å². The average Bonchev–Trinajstić information content (AvgIpc) is 1.78. The topological polar surface area (TPSA) is 37.3 Å². The molecule has 2 nitrogen and oxygen atoms in total. The highest BCUT2D eigenvalue weighted by atomic mass is 32.2. The molecule has 0 aliphatic rings. The van der Waals surface area contributed by atoms with Crippen LogP contribution in [0.4, 0.5) is 0 Å². The molecule has 0 fully saturated rings. The molecule has 0 atom stereocenters. The van der Waals surface area contributed by atoms with Gasteiger partial charge >= 0.3 is 5.97 Å². The summed E-state index contributed by atoms with van der Waals surface area (Å²) in [5, 5.41) is 8.30. The third-order valence-corrected chi connectivity index (χ3v) is 1.74. The maximum Gasteiger partial charge on any atom is 0.303 e. The van der Waals surface area contributed by atoms with Crippen molar-refractivity contribution in [3.63, 3.8) is 0 Å². The molecular weight excluding hydrogens is 180 g/mol. The Bertz CT molecular complexity index is 129. The Morgan fingerprint density at radius 1 is 1.45 bits per heavy atom. The van der Waals surface area contributed by atoms with Gasteiger partial charge in [-0.2, -0.15) is 25.3 Å². The molecule has 0 radical (unpaired) electrons. The molecule has 0 aromatic heterocycles. The summed E-state index contributed by atoms with van der Waals surface area (Å²) in [6.45, 7) is 1.90. The SMILES string of the molecule is CC(S)(S)CCCCC(=O)O. The van der Waals surface area contributed by atoms with Gasteiger partial charge in [-0.1, -0.05) is 6.42 Å². The van der Waals surface area contributed by atoms with Crippen molar-refractivity contribution in [2.75, 3.05) is 0 Å². The first-order valence-corrected chi connectivity index (χ1v) is 4.48. The van der Waals surface area contributed by atoms with Gasteiger partial charge in [-0.3, -0.25) is 4.79 Å². The maximum absolute atomic E-state index is 10.1. The number of hydrogen-bond donors (Lipinski definition) is 3. The number of unbranched alkanes of at least 4 members (excludes halogenated alkanes) is 1. The molecule has 0 bridgehead atoms. The van der Waals surface area contributed by atoms with Crippen molar-refractivity contribution in [1.82, 2.24) is 0 Å². The first kappa shape index (κ1) is 11.2. The normalized spacial score (nSPS) is 11.5. The second-order valence-electron chi connectivity index (χ2n) is 2.82. The van der Waals surface area contributed by atoms with Crippen molar-refractivity contribution in [1.29, 1.82) is 0 Å². The van der Waals surface area contributed by atoms with Gasteiger partial charge in [-0.15, -0.1) is 0 Å². The lowest BCUT2D eigenvalue weighted by molar-refractivity contribution is -0.137. The average molecular weight is 194 g/mol. The van der Waals surface area contributed by atoms with E-state index in [-0.39, 0.29) is 10.5 Å². The zero-order valence-corrected chi connectivity index (χ0v) is 8.37. The van der Waals surface area contributed by atoms with Gasteiger partial charge in [0.05, 0.1) is 4.08 Å². The van der Waals surface area contributed by atoms with E-state index in [4.69, 9.17) is 5.11 Å². The minimum atomic E-state index is -0.731. The Kier molecular flexibility index (Phi) is 5.01. The van der Waals surface area contributed by atoms with E-state index < -0.39 is 5.97 Å². The molecular formula is C7H14O2S2. The molecule has 4 heteroatoms. The van der Waals surface area contributed by atoms with E-state index in [1.165, 1.54) is 0 Å². The lowest BCUT2D eigenvalue weighted by atomic mass is 10.1. The van der Waals surface area contributed by atoms with Crippen LogP contribution in [-0.4, -0.2) is 15.2 Å². The highest BCUT2D eigenvalue weighted by molar-refractivity contribution is 8.00. The summed E-state index contributed by atoms with van der Waals surface area (Å²) in [6, 6.07) is 0. The highest BCUT2D eigenvalue weighted by Gasteiger charge is 2.11. The van der Waals surface area contributed by atoms with E-state index >= 15 is 0 Å². The zero-order valence-electron chi connectivity index (χ0n) is 6.58. The van der Waals surface area contributed by atoms with Crippen LogP contribution >= 0.6 is 25.3 Å². The van der Waals surface area contributed by atoms with Gasteiger partial charge in [0.15, 0.2) is 0 Å². The maximum atomic E-state index is 10.1. The summed E-state index contributed by atoms with van der Waals surface area (Å²) in [6.07, 6.45) is 2.67. The molecule has 0 rings (SSSR count). The summed E-state index contributed by atoms with van der Waals surface area (Å²) >= 11 is 8.39. The Labute approximate surface area is 78.2 Å². The summed E-state index contributed by atoms with van der Waals surface area (Å²) in [5.41, 5.74) is 0. The van der Waals surface area contributed by atoms with Crippen LogP contribution in [0.5, 0.6) is 0 Å². The van der Waals surface area contributed by atoms with Crippen molar-refractivity contribution in [3.8, 4) is 0 Å². The number of carbonyl (C=O) groups is 1. The third kappa shape index (κ3) is 10.2. The summed E-state index contributed by atoms with van der Waals surface area (Å²) in [7, 11) is 0. The van der Waals surface area contributed by atoms with Crippen LogP contribution < -0.4 is 0 Å². The van der Waals surface area contributed by atoms with Crippen molar-refractivity contribution in [2.45, 2.75) is 36.7 Å². The zero-order chi connectivity index (χ0) is 8.91. The second-order valence-corrected chi connectivity index (χ2v) is 5.14. The summed E-state index contributed by atoms with van der Waals surface area (Å²) in [5.74, 6) is -0.731. The van der Waals surface area contributed by atoms with Crippen LogP contribution in [0.2, 0.25) is 0 Å². The lowest BCUT2D eigenvalue weighted by Gasteiger charge is -2.14. The van der Waals surface area contributed by atoms with Gasteiger partial charge in [0.2, 0.25) is 0 Å². The second kappa shape index (κ2) is 4.93. The van der Waals surface area contributed by atoms with Crippen molar-refractivity contribution in [3.05, 3.63) is 0 Å². The van der Waals surface area contributed by atoms with Crippen LogP contribution in [-0.2, 0) is 4.79 Å². The van der Waals surface area contributed by atoms with E-state index in [1.807, 2.05) is 6.92 Å². The molecule has 0 unspecified atom stereocenters. The largest absolute Gasteiger partial charge is 0.481 e. The van der Waals surface area contributed by atoms with Gasteiger partial charge in [0.25, 0.3) is 0 Å². The van der Waals surface area contributed by atoms with Gasteiger partial charge in [0.1, 0.15) is 0 Å².